The summed E-state index contributed by atoms with van der Waals surface area (Å²) in [7, 11) is 0. The van der Waals surface area contributed by atoms with Crippen LogP contribution in [0.4, 0.5) is 0 Å². The molecule has 0 spiro atoms. The van der Waals surface area contributed by atoms with Crippen molar-refractivity contribution in [3.8, 4) is 0 Å². The van der Waals surface area contributed by atoms with Crippen LogP contribution in [0, 0.1) is 0 Å². The molecule has 26 heavy (non-hydrogen) atoms. The van der Waals surface area contributed by atoms with Crippen LogP contribution >= 0.6 is 11.8 Å². The highest BCUT2D eigenvalue weighted by molar-refractivity contribution is 7.98. The lowest BCUT2D eigenvalue weighted by Crippen LogP contribution is -2.37. The molecule has 0 saturated carbocycles. The zero-order valence-corrected chi connectivity index (χ0v) is 17.4. The third-order valence-corrected chi connectivity index (χ3v) is 4.73. The van der Waals surface area contributed by atoms with Crippen LogP contribution in [-0.2, 0) is 6.54 Å². The molecular weight excluding hydrogens is 344 g/mol. The maximum absolute atomic E-state index is 12.1. The third-order valence-electron chi connectivity index (χ3n) is 4.04. The molecule has 146 valence electrons. The Kier molecular flexibility index (Phi) is 11.6. The summed E-state index contributed by atoms with van der Waals surface area (Å²) in [6.07, 6.45) is 5.42. The van der Waals surface area contributed by atoms with E-state index in [-0.39, 0.29) is 11.9 Å². The van der Waals surface area contributed by atoms with E-state index in [2.05, 4.69) is 41.0 Å². The maximum atomic E-state index is 12.1. The van der Waals surface area contributed by atoms with Gasteiger partial charge in [-0.15, -0.1) is 0 Å². The molecule has 3 N–H and O–H groups in total. The summed E-state index contributed by atoms with van der Waals surface area (Å²) >= 11 is 1.88. The SMILES string of the molecule is CCNC(=NCc1ccc(C(=O)NC(C)CC)cc1)NCCCCSC. The summed E-state index contributed by atoms with van der Waals surface area (Å²) in [6, 6.07) is 7.86. The van der Waals surface area contributed by atoms with Crippen LogP contribution in [0.1, 0.15) is 56.0 Å². The summed E-state index contributed by atoms with van der Waals surface area (Å²) in [5.41, 5.74) is 1.78. The van der Waals surface area contributed by atoms with Crippen molar-refractivity contribution in [2.45, 2.75) is 52.6 Å². The van der Waals surface area contributed by atoms with E-state index in [1.54, 1.807) is 0 Å². The number of hydrogen-bond donors (Lipinski definition) is 3. The molecule has 0 fully saturated rings. The monoisotopic (exact) mass is 378 g/mol. The standard InChI is InChI=1S/C20H34N4OS/c1-5-16(3)24-19(25)18-11-9-17(10-12-18)15-23-20(21-6-2)22-13-7-8-14-26-4/h9-12,16H,5-8,13-15H2,1-4H3,(H,24,25)(H2,21,22,23). The second kappa shape index (κ2) is 13.5. The van der Waals surface area contributed by atoms with Crippen molar-refractivity contribution in [1.82, 2.24) is 16.0 Å². The van der Waals surface area contributed by atoms with E-state index < -0.39 is 0 Å². The molecule has 1 aromatic rings. The van der Waals surface area contributed by atoms with E-state index in [1.807, 2.05) is 43.0 Å². The molecule has 0 aliphatic carbocycles. The van der Waals surface area contributed by atoms with Gasteiger partial charge < -0.3 is 16.0 Å². The quantitative estimate of drug-likeness (QED) is 0.314. The molecule has 0 aliphatic rings. The Labute approximate surface area is 162 Å². The molecule has 1 unspecified atom stereocenters. The van der Waals surface area contributed by atoms with Gasteiger partial charge in [-0.1, -0.05) is 19.1 Å². The predicted molar refractivity (Wildman–Crippen MR) is 114 cm³/mol. The molecule has 0 heterocycles. The smallest absolute Gasteiger partial charge is 0.251 e. The number of nitrogens with one attached hydrogen (secondary N) is 3. The molecule has 1 rings (SSSR count). The number of rotatable bonds is 11. The number of guanidine groups is 1. The summed E-state index contributed by atoms with van der Waals surface area (Å²) in [5, 5.41) is 9.63. The summed E-state index contributed by atoms with van der Waals surface area (Å²) < 4.78 is 0. The van der Waals surface area contributed by atoms with Crippen molar-refractivity contribution in [3.05, 3.63) is 35.4 Å². The van der Waals surface area contributed by atoms with E-state index in [1.165, 1.54) is 12.2 Å². The number of thioether (sulfide) groups is 1. The van der Waals surface area contributed by atoms with Crippen LogP contribution in [0.3, 0.4) is 0 Å². The molecule has 0 saturated heterocycles. The van der Waals surface area contributed by atoms with Crippen LogP contribution in [0.5, 0.6) is 0 Å². The molecule has 1 aromatic carbocycles. The minimum absolute atomic E-state index is 0.0188. The average Bonchev–Trinajstić information content (AvgIpc) is 2.66. The van der Waals surface area contributed by atoms with E-state index in [4.69, 9.17) is 0 Å². The largest absolute Gasteiger partial charge is 0.357 e. The lowest BCUT2D eigenvalue weighted by Gasteiger charge is -2.12. The number of nitrogens with zero attached hydrogens (tertiary/aromatic N) is 1. The first kappa shape index (κ1) is 22.4. The molecule has 5 nitrogen and oxygen atoms in total. The van der Waals surface area contributed by atoms with Gasteiger partial charge in [0, 0.05) is 24.7 Å². The lowest BCUT2D eigenvalue weighted by atomic mass is 10.1. The van der Waals surface area contributed by atoms with Crippen LogP contribution in [0.2, 0.25) is 0 Å². The molecule has 0 aromatic heterocycles. The summed E-state index contributed by atoms with van der Waals surface area (Å²) in [5.74, 6) is 2.02. The summed E-state index contributed by atoms with van der Waals surface area (Å²) in [6.45, 7) is 8.50. The Morgan fingerprint density at radius 1 is 1.15 bits per heavy atom. The minimum atomic E-state index is -0.0188. The Morgan fingerprint density at radius 2 is 1.88 bits per heavy atom. The zero-order valence-electron chi connectivity index (χ0n) is 16.6. The van der Waals surface area contributed by atoms with Crippen LogP contribution in [0.25, 0.3) is 0 Å². The first-order valence-corrected chi connectivity index (χ1v) is 10.9. The normalized spacial score (nSPS) is 12.5. The molecular formula is C20H34N4OS. The van der Waals surface area contributed by atoms with Gasteiger partial charge in [-0.2, -0.15) is 11.8 Å². The van der Waals surface area contributed by atoms with Crippen molar-refractivity contribution in [2.24, 2.45) is 4.99 Å². The number of hydrogen-bond acceptors (Lipinski definition) is 3. The molecule has 1 amide bonds. The fourth-order valence-corrected chi connectivity index (χ4v) is 2.75. The van der Waals surface area contributed by atoms with E-state index in [9.17, 15) is 4.79 Å². The van der Waals surface area contributed by atoms with Crippen LogP contribution < -0.4 is 16.0 Å². The fourth-order valence-electron chi connectivity index (χ4n) is 2.26. The number of aliphatic imine (C=N–C) groups is 1. The number of unbranched alkanes of at least 4 members (excludes halogenated alkanes) is 1. The Balaban J connectivity index is 2.53. The highest BCUT2D eigenvalue weighted by atomic mass is 32.2. The van der Waals surface area contributed by atoms with E-state index in [0.29, 0.717) is 12.1 Å². The van der Waals surface area contributed by atoms with Crippen LogP contribution in [-0.4, -0.2) is 43.0 Å². The van der Waals surface area contributed by atoms with E-state index >= 15 is 0 Å². The van der Waals surface area contributed by atoms with Gasteiger partial charge in [-0.05, 0) is 62.8 Å². The maximum Gasteiger partial charge on any atom is 0.251 e. The highest BCUT2D eigenvalue weighted by Gasteiger charge is 2.08. The van der Waals surface area contributed by atoms with Gasteiger partial charge in [0.25, 0.3) is 5.91 Å². The van der Waals surface area contributed by atoms with Gasteiger partial charge in [0.1, 0.15) is 0 Å². The average molecular weight is 379 g/mol. The Bertz CT molecular complexity index is 545. The van der Waals surface area contributed by atoms with Crippen LogP contribution in [0.15, 0.2) is 29.3 Å². The van der Waals surface area contributed by atoms with Crippen molar-refractivity contribution < 1.29 is 4.79 Å². The van der Waals surface area contributed by atoms with Gasteiger partial charge in [-0.25, -0.2) is 4.99 Å². The van der Waals surface area contributed by atoms with Gasteiger partial charge in [-0.3, -0.25) is 4.79 Å². The molecule has 0 bridgehead atoms. The number of benzene rings is 1. The number of carbonyl (C=O) groups excluding carboxylic acids is 1. The minimum Gasteiger partial charge on any atom is -0.357 e. The van der Waals surface area contributed by atoms with Crippen molar-refractivity contribution in [3.63, 3.8) is 0 Å². The van der Waals surface area contributed by atoms with Crippen molar-refractivity contribution in [1.29, 1.82) is 0 Å². The Hall–Kier alpha value is -1.69. The molecule has 6 heteroatoms. The summed E-state index contributed by atoms with van der Waals surface area (Å²) in [4.78, 5) is 16.7. The molecule has 1 atom stereocenters. The molecule has 0 radical (unpaired) electrons. The second-order valence-corrected chi connectivity index (χ2v) is 7.29. The first-order chi connectivity index (χ1) is 12.6. The highest BCUT2D eigenvalue weighted by Crippen LogP contribution is 2.07. The van der Waals surface area contributed by atoms with E-state index in [0.717, 1.165) is 37.5 Å². The van der Waals surface area contributed by atoms with Gasteiger partial charge in [0.05, 0.1) is 6.54 Å². The lowest BCUT2D eigenvalue weighted by molar-refractivity contribution is 0.0939. The van der Waals surface area contributed by atoms with Gasteiger partial charge in [0.15, 0.2) is 5.96 Å². The zero-order chi connectivity index (χ0) is 19.2. The number of amides is 1. The van der Waals surface area contributed by atoms with Gasteiger partial charge >= 0.3 is 0 Å². The Morgan fingerprint density at radius 3 is 2.50 bits per heavy atom. The van der Waals surface area contributed by atoms with Crippen molar-refractivity contribution >= 4 is 23.6 Å². The second-order valence-electron chi connectivity index (χ2n) is 6.30. The fraction of sp³-hybridized carbons (Fsp3) is 0.600. The predicted octanol–water partition coefficient (Wildman–Crippen LogP) is 3.41. The first-order valence-electron chi connectivity index (χ1n) is 9.51. The van der Waals surface area contributed by atoms with Crippen molar-refractivity contribution in [2.75, 3.05) is 25.1 Å². The number of carbonyl (C=O) groups is 1. The topological polar surface area (TPSA) is 65.5 Å². The van der Waals surface area contributed by atoms with Gasteiger partial charge in [0.2, 0.25) is 0 Å². The molecule has 0 aliphatic heterocycles. The third kappa shape index (κ3) is 9.13.